The van der Waals surface area contributed by atoms with E-state index in [1.54, 1.807) is 45.0 Å². The third-order valence-corrected chi connectivity index (χ3v) is 7.41. The minimum Gasteiger partial charge on any atom is -0.462 e. The number of carbonyl (C=O) groups is 5. The summed E-state index contributed by atoms with van der Waals surface area (Å²) >= 11 is 0. The number of aliphatic hydroxyl groups is 1. The topological polar surface area (TPSA) is 169 Å². The van der Waals surface area contributed by atoms with E-state index in [0.717, 1.165) is 37.7 Å². The van der Waals surface area contributed by atoms with Crippen LogP contribution in [-0.2, 0) is 39.8 Å². The van der Waals surface area contributed by atoms with Gasteiger partial charge in [-0.2, -0.15) is 0 Å². The van der Waals surface area contributed by atoms with Gasteiger partial charge < -0.3 is 35.3 Å². The lowest BCUT2D eigenvalue weighted by Crippen LogP contribution is -2.57. The number of aliphatic hydroxyl groups excluding tert-OH is 1. The van der Waals surface area contributed by atoms with Crippen molar-refractivity contribution in [3.8, 4) is 0 Å². The molecule has 1 aliphatic carbocycles. The van der Waals surface area contributed by atoms with Crippen molar-refractivity contribution in [2.45, 2.75) is 108 Å². The van der Waals surface area contributed by atoms with E-state index in [1.165, 1.54) is 0 Å². The van der Waals surface area contributed by atoms with E-state index < -0.39 is 59.7 Å². The van der Waals surface area contributed by atoms with Crippen molar-refractivity contribution in [1.29, 1.82) is 0 Å². The number of alkyl carbamates (subject to hydrolysis) is 1. The van der Waals surface area contributed by atoms with E-state index >= 15 is 0 Å². The van der Waals surface area contributed by atoms with Crippen LogP contribution in [0.25, 0.3) is 0 Å². The number of esters is 2. The Labute approximate surface area is 252 Å². The number of nitrogens with one attached hydrogen (secondary N) is 3. The molecule has 3 amide bonds. The molecule has 0 unspecified atom stereocenters. The fourth-order valence-corrected chi connectivity index (χ4v) is 5.26. The molecule has 0 radical (unpaired) electrons. The molecule has 1 aliphatic heterocycles. The van der Waals surface area contributed by atoms with Gasteiger partial charge in [-0.1, -0.05) is 62.4 Å². The molecule has 4 atom stereocenters. The van der Waals surface area contributed by atoms with E-state index in [0.29, 0.717) is 6.42 Å². The van der Waals surface area contributed by atoms with Crippen LogP contribution >= 0.6 is 0 Å². The molecule has 1 saturated carbocycles. The highest BCUT2D eigenvalue weighted by Crippen LogP contribution is 2.28. The first-order valence-corrected chi connectivity index (χ1v) is 15.1. The molecule has 1 aromatic carbocycles. The van der Waals surface area contributed by atoms with Crippen molar-refractivity contribution in [3.05, 3.63) is 35.9 Å². The van der Waals surface area contributed by atoms with E-state index in [2.05, 4.69) is 16.0 Å². The molecular formula is C31H45N3O9. The average molecular weight is 604 g/mol. The van der Waals surface area contributed by atoms with Gasteiger partial charge >= 0.3 is 18.0 Å². The highest BCUT2D eigenvalue weighted by Gasteiger charge is 2.35. The first-order chi connectivity index (χ1) is 20.4. The first-order valence-electron chi connectivity index (χ1n) is 15.1. The van der Waals surface area contributed by atoms with Gasteiger partial charge in [0.15, 0.2) is 6.10 Å². The van der Waals surface area contributed by atoms with Crippen molar-refractivity contribution in [2.24, 2.45) is 5.92 Å². The Morgan fingerprint density at radius 2 is 1.70 bits per heavy atom. The highest BCUT2D eigenvalue weighted by molar-refractivity contribution is 5.92. The average Bonchev–Trinajstić information content (AvgIpc) is 2.96. The number of carbonyl (C=O) groups excluding carboxylic acids is 5. The molecule has 1 aromatic rings. The second-order valence-electron chi connectivity index (χ2n) is 12.2. The van der Waals surface area contributed by atoms with Gasteiger partial charge in [-0.15, -0.1) is 0 Å². The van der Waals surface area contributed by atoms with Gasteiger partial charge in [0.1, 0.15) is 30.9 Å². The predicted molar refractivity (Wildman–Crippen MR) is 156 cm³/mol. The normalized spacial score (nSPS) is 23.6. The van der Waals surface area contributed by atoms with Crippen molar-refractivity contribution in [2.75, 3.05) is 13.2 Å². The predicted octanol–water partition coefficient (Wildman–Crippen LogP) is 2.30. The maximum Gasteiger partial charge on any atom is 0.408 e. The summed E-state index contributed by atoms with van der Waals surface area (Å²) in [5, 5.41) is 18.9. The van der Waals surface area contributed by atoms with Crippen LogP contribution in [0.2, 0.25) is 0 Å². The van der Waals surface area contributed by atoms with Gasteiger partial charge in [-0.3, -0.25) is 14.4 Å². The molecule has 1 heterocycles. The lowest BCUT2D eigenvalue weighted by atomic mass is 9.83. The summed E-state index contributed by atoms with van der Waals surface area (Å²) in [4.78, 5) is 64.7. The fraction of sp³-hybridized carbons (Fsp3) is 0.645. The Bertz CT molecular complexity index is 1100. The largest absolute Gasteiger partial charge is 0.462 e. The standard InChI is InChI=1S/C31H45N3O9/c1-31(2,3)43-30(40)34-24(19-21-12-8-5-9-13-21)28(38)32-22-14-15-25(35)41-16-17-42-29(39)26(36)23(33-27(22)37)18-20-10-6-4-7-11-20/h5,8-9,12-13,20,22-24,26,36H,4,6-7,10-11,14-19H2,1-3H3,(H,32,38)(H,33,37)(H,34,40)/t22-,23-,24-,26+/m0/s1. The molecular weight excluding hydrogens is 558 g/mol. The Morgan fingerprint density at radius 1 is 1.02 bits per heavy atom. The maximum atomic E-state index is 13.6. The minimum absolute atomic E-state index is 0.108. The third kappa shape index (κ3) is 11.9. The number of hydrogen-bond acceptors (Lipinski definition) is 9. The Balaban J connectivity index is 1.82. The Kier molecular flexibility index (Phi) is 12.8. The van der Waals surface area contributed by atoms with Crippen molar-refractivity contribution in [3.63, 3.8) is 0 Å². The highest BCUT2D eigenvalue weighted by atomic mass is 16.6. The van der Waals surface area contributed by atoms with Gasteiger partial charge in [0.05, 0.1) is 6.04 Å². The number of ether oxygens (including phenoxy) is 3. The summed E-state index contributed by atoms with van der Waals surface area (Å²) in [6.07, 6.45) is 2.69. The molecule has 1 saturated heterocycles. The fourth-order valence-electron chi connectivity index (χ4n) is 5.26. The van der Waals surface area contributed by atoms with Crippen LogP contribution in [0.15, 0.2) is 30.3 Å². The lowest BCUT2D eigenvalue weighted by molar-refractivity contribution is -0.160. The molecule has 2 aliphatic rings. The Hall–Kier alpha value is -3.67. The molecule has 4 N–H and O–H groups in total. The van der Waals surface area contributed by atoms with Crippen molar-refractivity contribution in [1.82, 2.24) is 16.0 Å². The number of hydrogen-bond donors (Lipinski definition) is 4. The van der Waals surface area contributed by atoms with Gasteiger partial charge in [0.2, 0.25) is 11.8 Å². The summed E-state index contributed by atoms with van der Waals surface area (Å²) in [7, 11) is 0. The molecule has 0 spiro atoms. The van der Waals surface area contributed by atoms with Crippen LogP contribution in [0.4, 0.5) is 4.79 Å². The first kappa shape index (κ1) is 33.8. The van der Waals surface area contributed by atoms with E-state index in [-0.39, 0.29) is 38.4 Å². The Morgan fingerprint density at radius 3 is 2.37 bits per heavy atom. The van der Waals surface area contributed by atoms with Gasteiger partial charge in [0, 0.05) is 12.8 Å². The van der Waals surface area contributed by atoms with Crippen LogP contribution in [0, 0.1) is 5.92 Å². The lowest BCUT2D eigenvalue weighted by Gasteiger charge is -2.31. The van der Waals surface area contributed by atoms with Gasteiger partial charge in [-0.25, -0.2) is 9.59 Å². The number of amides is 3. The summed E-state index contributed by atoms with van der Waals surface area (Å²) < 4.78 is 15.5. The summed E-state index contributed by atoms with van der Waals surface area (Å²) in [6, 6.07) is 5.73. The number of benzene rings is 1. The van der Waals surface area contributed by atoms with Gasteiger partial charge in [0.25, 0.3) is 0 Å². The van der Waals surface area contributed by atoms with Crippen LogP contribution in [0.5, 0.6) is 0 Å². The van der Waals surface area contributed by atoms with E-state index in [9.17, 15) is 29.1 Å². The minimum atomic E-state index is -1.64. The smallest absolute Gasteiger partial charge is 0.408 e. The molecule has 0 aromatic heterocycles. The monoisotopic (exact) mass is 603 g/mol. The van der Waals surface area contributed by atoms with E-state index in [1.807, 2.05) is 6.07 Å². The quantitative estimate of drug-likeness (QED) is 0.270. The molecule has 12 heteroatoms. The molecule has 2 fully saturated rings. The third-order valence-electron chi connectivity index (χ3n) is 7.41. The number of rotatable bonds is 7. The summed E-state index contributed by atoms with van der Waals surface area (Å²) in [6.45, 7) is 4.65. The van der Waals surface area contributed by atoms with Crippen LogP contribution in [-0.4, -0.2) is 78.0 Å². The maximum absolute atomic E-state index is 13.6. The summed E-state index contributed by atoms with van der Waals surface area (Å²) in [5.74, 6) is -2.72. The van der Waals surface area contributed by atoms with E-state index in [4.69, 9.17) is 14.2 Å². The molecule has 43 heavy (non-hydrogen) atoms. The number of cyclic esters (lactones) is 2. The van der Waals surface area contributed by atoms with Crippen LogP contribution < -0.4 is 16.0 Å². The second-order valence-corrected chi connectivity index (χ2v) is 12.2. The van der Waals surface area contributed by atoms with Crippen molar-refractivity contribution < 1.29 is 43.3 Å². The second kappa shape index (κ2) is 16.3. The van der Waals surface area contributed by atoms with Crippen molar-refractivity contribution >= 4 is 29.8 Å². The SMILES string of the molecule is CC(C)(C)OC(=O)N[C@@H](Cc1ccccc1)C(=O)N[C@H]1CCC(=O)OCCOC(=O)[C@H](O)[C@H](CC2CCCCC2)NC1=O. The zero-order chi connectivity index (χ0) is 31.4. The molecule has 12 nitrogen and oxygen atoms in total. The van der Waals surface area contributed by atoms with Crippen LogP contribution in [0.3, 0.4) is 0 Å². The summed E-state index contributed by atoms with van der Waals surface area (Å²) in [5.41, 5.74) is -0.0458. The molecule has 3 rings (SSSR count). The molecule has 0 bridgehead atoms. The zero-order valence-electron chi connectivity index (χ0n) is 25.3. The molecule has 238 valence electrons. The van der Waals surface area contributed by atoms with Gasteiger partial charge in [-0.05, 0) is 45.1 Å². The zero-order valence-corrected chi connectivity index (χ0v) is 25.3. The van der Waals surface area contributed by atoms with Crippen LogP contribution in [0.1, 0.15) is 77.7 Å².